The van der Waals surface area contributed by atoms with Crippen LogP contribution in [0.25, 0.3) is 0 Å². The summed E-state index contributed by atoms with van der Waals surface area (Å²) in [6, 6.07) is 11.0. The van der Waals surface area contributed by atoms with E-state index in [0.717, 1.165) is 5.56 Å². The molecule has 0 radical (unpaired) electrons. The minimum Gasteiger partial charge on any atom is -0.506 e. The van der Waals surface area contributed by atoms with E-state index in [0.29, 0.717) is 11.8 Å². The van der Waals surface area contributed by atoms with Crippen LogP contribution in [0.5, 0.6) is 11.5 Å². The Bertz CT molecular complexity index is 707. The van der Waals surface area contributed by atoms with Gasteiger partial charge in [-0.3, -0.25) is 4.79 Å². The van der Waals surface area contributed by atoms with Crippen molar-refractivity contribution in [2.75, 3.05) is 6.61 Å². The number of carbonyl (C=O) groups is 2. The molecule has 0 aliphatic rings. The third-order valence-electron chi connectivity index (χ3n) is 3.33. The average Bonchev–Trinajstić information content (AvgIpc) is 2.54. The molecule has 23 heavy (non-hydrogen) atoms. The molecule has 1 N–H and O–H groups in total. The van der Waals surface area contributed by atoms with Gasteiger partial charge in [0.1, 0.15) is 23.7 Å². The van der Waals surface area contributed by atoms with Crippen molar-refractivity contribution in [1.82, 2.24) is 0 Å². The van der Waals surface area contributed by atoms with Crippen LogP contribution in [-0.4, -0.2) is 24.0 Å². The first-order valence-electron chi connectivity index (χ1n) is 7.24. The lowest BCUT2D eigenvalue weighted by molar-refractivity contribution is 0.0522. The number of phenolic OH excluding ortho intramolecular Hbond substituents is 1. The number of hydrogen-bond donors (Lipinski definition) is 1. The maximum atomic E-state index is 11.9. The second-order valence-corrected chi connectivity index (χ2v) is 4.94. The van der Waals surface area contributed by atoms with Gasteiger partial charge in [-0.05, 0) is 31.0 Å². The SMILES string of the molecule is CCOC(=O)c1c(C)cc(OCc2ccccc2)c(C=O)c1O. The predicted molar refractivity (Wildman–Crippen MR) is 85.0 cm³/mol. The summed E-state index contributed by atoms with van der Waals surface area (Å²) >= 11 is 0. The quantitative estimate of drug-likeness (QED) is 0.654. The Morgan fingerprint density at radius 1 is 1.26 bits per heavy atom. The molecule has 0 spiro atoms. The van der Waals surface area contributed by atoms with E-state index in [1.807, 2.05) is 30.3 Å². The van der Waals surface area contributed by atoms with Gasteiger partial charge in [0.15, 0.2) is 6.29 Å². The molecule has 0 unspecified atom stereocenters. The lowest BCUT2D eigenvalue weighted by Crippen LogP contribution is -2.09. The zero-order chi connectivity index (χ0) is 16.8. The molecular weight excluding hydrogens is 296 g/mol. The van der Waals surface area contributed by atoms with Gasteiger partial charge in [-0.1, -0.05) is 30.3 Å². The largest absolute Gasteiger partial charge is 0.506 e. The molecule has 2 aromatic carbocycles. The van der Waals surface area contributed by atoms with E-state index in [1.165, 1.54) is 0 Å². The number of ether oxygens (including phenoxy) is 2. The molecule has 0 aromatic heterocycles. The highest BCUT2D eigenvalue weighted by Gasteiger charge is 2.22. The standard InChI is InChI=1S/C18H18O5/c1-3-22-18(21)16-12(2)9-15(14(10-19)17(16)20)23-11-13-7-5-4-6-8-13/h4-10,20H,3,11H2,1-2H3. The minimum absolute atomic E-state index is 0.0130. The normalized spacial score (nSPS) is 10.2. The van der Waals surface area contributed by atoms with Crippen LogP contribution < -0.4 is 4.74 Å². The third-order valence-corrected chi connectivity index (χ3v) is 3.33. The Kier molecular flexibility index (Phi) is 5.36. The Morgan fingerprint density at radius 3 is 2.57 bits per heavy atom. The highest BCUT2D eigenvalue weighted by Crippen LogP contribution is 2.34. The monoisotopic (exact) mass is 314 g/mol. The van der Waals surface area contributed by atoms with Gasteiger partial charge in [0.25, 0.3) is 0 Å². The van der Waals surface area contributed by atoms with Gasteiger partial charge < -0.3 is 14.6 Å². The van der Waals surface area contributed by atoms with Crippen LogP contribution in [0.4, 0.5) is 0 Å². The molecule has 0 fully saturated rings. The van der Waals surface area contributed by atoms with Gasteiger partial charge in [0, 0.05) is 0 Å². The van der Waals surface area contributed by atoms with E-state index < -0.39 is 11.7 Å². The lowest BCUT2D eigenvalue weighted by atomic mass is 10.0. The predicted octanol–water partition coefficient (Wildman–Crippen LogP) is 3.27. The molecular formula is C18H18O5. The summed E-state index contributed by atoms with van der Waals surface area (Å²) in [5.74, 6) is -0.853. The number of aldehydes is 1. The van der Waals surface area contributed by atoms with Crippen molar-refractivity contribution < 1.29 is 24.2 Å². The van der Waals surface area contributed by atoms with Gasteiger partial charge in [-0.25, -0.2) is 4.79 Å². The fourth-order valence-electron chi connectivity index (χ4n) is 2.21. The summed E-state index contributed by atoms with van der Waals surface area (Å²) in [6.07, 6.45) is 0.470. The second-order valence-electron chi connectivity index (χ2n) is 4.94. The highest BCUT2D eigenvalue weighted by atomic mass is 16.5. The Morgan fingerprint density at radius 2 is 1.96 bits per heavy atom. The minimum atomic E-state index is -0.666. The number of esters is 1. The van der Waals surface area contributed by atoms with E-state index in [9.17, 15) is 14.7 Å². The fraction of sp³-hybridized carbons (Fsp3) is 0.222. The van der Waals surface area contributed by atoms with Crippen molar-refractivity contribution in [2.45, 2.75) is 20.5 Å². The van der Waals surface area contributed by atoms with Crippen molar-refractivity contribution in [3.63, 3.8) is 0 Å². The van der Waals surface area contributed by atoms with Crippen LogP contribution in [0.3, 0.4) is 0 Å². The summed E-state index contributed by atoms with van der Waals surface area (Å²) in [5, 5.41) is 10.2. The topological polar surface area (TPSA) is 72.8 Å². The third kappa shape index (κ3) is 3.69. The van der Waals surface area contributed by atoms with Gasteiger partial charge in [0.05, 0.1) is 12.2 Å². The van der Waals surface area contributed by atoms with Crippen molar-refractivity contribution in [3.05, 3.63) is 58.7 Å². The maximum absolute atomic E-state index is 11.9. The fourth-order valence-corrected chi connectivity index (χ4v) is 2.21. The number of carbonyl (C=O) groups excluding carboxylic acids is 2. The van der Waals surface area contributed by atoms with Crippen LogP contribution >= 0.6 is 0 Å². The molecule has 0 bridgehead atoms. The molecule has 2 rings (SSSR count). The van der Waals surface area contributed by atoms with Gasteiger partial charge >= 0.3 is 5.97 Å². The Balaban J connectivity index is 2.34. The Labute approximate surface area is 134 Å². The molecule has 0 heterocycles. The number of aromatic hydroxyl groups is 1. The zero-order valence-corrected chi connectivity index (χ0v) is 13.0. The smallest absolute Gasteiger partial charge is 0.342 e. The molecule has 0 aliphatic heterocycles. The molecule has 0 aliphatic carbocycles. The summed E-state index contributed by atoms with van der Waals surface area (Å²) < 4.78 is 10.5. The van der Waals surface area contributed by atoms with E-state index >= 15 is 0 Å². The van der Waals surface area contributed by atoms with Crippen LogP contribution in [-0.2, 0) is 11.3 Å². The van der Waals surface area contributed by atoms with Gasteiger partial charge in [0.2, 0.25) is 0 Å². The van der Waals surface area contributed by atoms with Crippen LogP contribution in [0.2, 0.25) is 0 Å². The number of benzene rings is 2. The summed E-state index contributed by atoms with van der Waals surface area (Å²) in [5.41, 5.74) is 1.33. The molecule has 0 amide bonds. The van der Waals surface area contributed by atoms with Gasteiger partial charge in [-0.2, -0.15) is 0 Å². The first-order chi connectivity index (χ1) is 11.1. The van der Waals surface area contributed by atoms with Crippen LogP contribution in [0.1, 0.15) is 38.8 Å². The molecule has 5 heteroatoms. The van der Waals surface area contributed by atoms with Crippen molar-refractivity contribution in [3.8, 4) is 11.5 Å². The number of hydrogen-bond acceptors (Lipinski definition) is 5. The first kappa shape index (κ1) is 16.5. The van der Waals surface area contributed by atoms with E-state index in [-0.39, 0.29) is 30.1 Å². The molecule has 0 atom stereocenters. The van der Waals surface area contributed by atoms with Crippen LogP contribution in [0.15, 0.2) is 36.4 Å². The number of aryl methyl sites for hydroxylation is 1. The summed E-state index contributed by atoms with van der Waals surface area (Å²) in [7, 11) is 0. The Hall–Kier alpha value is -2.82. The summed E-state index contributed by atoms with van der Waals surface area (Å²) in [6.45, 7) is 3.75. The molecule has 120 valence electrons. The van der Waals surface area contributed by atoms with Gasteiger partial charge in [-0.15, -0.1) is 0 Å². The van der Waals surface area contributed by atoms with Crippen molar-refractivity contribution in [1.29, 1.82) is 0 Å². The molecule has 2 aromatic rings. The maximum Gasteiger partial charge on any atom is 0.342 e. The average molecular weight is 314 g/mol. The molecule has 5 nitrogen and oxygen atoms in total. The number of rotatable bonds is 6. The highest BCUT2D eigenvalue weighted by molar-refractivity contribution is 5.99. The lowest BCUT2D eigenvalue weighted by Gasteiger charge is -2.14. The molecule has 0 saturated carbocycles. The van der Waals surface area contributed by atoms with Crippen LogP contribution in [0, 0.1) is 6.92 Å². The van der Waals surface area contributed by atoms with Crippen molar-refractivity contribution in [2.24, 2.45) is 0 Å². The molecule has 0 saturated heterocycles. The number of phenols is 1. The first-order valence-corrected chi connectivity index (χ1v) is 7.24. The van der Waals surface area contributed by atoms with E-state index in [2.05, 4.69) is 0 Å². The van der Waals surface area contributed by atoms with E-state index in [1.54, 1.807) is 19.9 Å². The summed E-state index contributed by atoms with van der Waals surface area (Å²) in [4.78, 5) is 23.2. The second kappa shape index (κ2) is 7.45. The zero-order valence-electron chi connectivity index (χ0n) is 13.0. The van der Waals surface area contributed by atoms with Crippen molar-refractivity contribution >= 4 is 12.3 Å². The van der Waals surface area contributed by atoms with E-state index in [4.69, 9.17) is 9.47 Å².